The van der Waals surface area contributed by atoms with E-state index in [4.69, 9.17) is 0 Å². The summed E-state index contributed by atoms with van der Waals surface area (Å²) in [4.78, 5) is 19.0. The van der Waals surface area contributed by atoms with E-state index in [1.807, 2.05) is 4.90 Å². The normalized spacial score (nSPS) is 23.0. The van der Waals surface area contributed by atoms with Crippen LogP contribution in [0.25, 0.3) is 0 Å². The lowest BCUT2D eigenvalue weighted by atomic mass is 10.2. The molecule has 1 amide bonds. The third-order valence-corrected chi connectivity index (χ3v) is 3.92. The predicted molar refractivity (Wildman–Crippen MR) is 77.2 cm³/mol. The quantitative estimate of drug-likeness (QED) is 0.759. The molecule has 2 aliphatic heterocycles. The molecule has 0 aromatic rings. The third kappa shape index (κ3) is 4.75. The molecule has 2 saturated heterocycles. The molecular weight excluding hydrogens is 240 g/mol. The molecule has 19 heavy (non-hydrogen) atoms. The highest BCUT2D eigenvalue weighted by molar-refractivity contribution is 5.78. The van der Waals surface area contributed by atoms with Gasteiger partial charge in [0.15, 0.2) is 0 Å². The molecule has 0 aliphatic carbocycles. The molecular formula is C14H28N4O. The van der Waals surface area contributed by atoms with Crippen molar-refractivity contribution in [3.63, 3.8) is 0 Å². The lowest BCUT2D eigenvalue weighted by Gasteiger charge is -2.37. The van der Waals surface area contributed by atoms with Crippen molar-refractivity contribution < 1.29 is 4.79 Å². The number of nitrogens with zero attached hydrogens (tertiary/aromatic N) is 3. The fourth-order valence-corrected chi connectivity index (χ4v) is 2.86. The fraction of sp³-hybridized carbons (Fsp3) is 0.929. The summed E-state index contributed by atoms with van der Waals surface area (Å²) in [6.45, 7) is 14.1. The standard InChI is InChI=1S/C14H28N4O/c1-13(2)11-17-7-9-18(10-8-17)14(19)12-16-5-3-15-4-6-16/h13,15H,3-12H2,1-2H3. The Hall–Kier alpha value is -0.650. The molecule has 110 valence electrons. The average molecular weight is 268 g/mol. The average Bonchev–Trinajstić information content (AvgIpc) is 2.40. The number of rotatable bonds is 4. The highest BCUT2D eigenvalue weighted by atomic mass is 16.2. The van der Waals surface area contributed by atoms with Crippen LogP contribution in [0.2, 0.25) is 0 Å². The second-order valence-electron chi connectivity index (χ2n) is 6.10. The van der Waals surface area contributed by atoms with Crippen molar-refractivity contribution >= 4 is 5.91 Å². The first-order valence-corrected chi connectivity index (χ1v) is 7.58. The summed E-state index contributed by atoms with van der Waals surface area (Å²) in [5.74, 6) is 1.02. The number of carbonyl (C=O) groups excluding carboxylic acids is 1. The van der Waals surface area contributed by atoms with Crippen LogP contribution in [-0.2, 0) is 4.79 Å². The van der Waals surface area contributed by atoms with Gasteiger partial charge in [0.05, 0.1) is 6.54 Å². The molecule has 0 aromatic carbocycles. The minimum absolute atomic E-state index is 0.311. The number of carbonyl (C=O) groups is 1. The molecule has 0 aromatic heterocycles. The molecule has 5 heteroatoms. The van der Waals surface area contributed by atoms with Crippen molar-refractivity contribution in [2.45, 2.75) is 13.8 Å². The van der Waals surface area contributed by atoms with Crippen LogP contribution in [0.4, 0.5) is 0 Å². The van der Waals surface area contributed by atoms with E-state index in [0.717, 1.165) is 58.9 Å². The first-order chi connectivity index (χ1) is 9.15. The van der Waals surface area contributed by atoms with Crippen molar-refractivity contribution in [2.75, 3.05) is 65.4 Å². The smallest absolute Gasteiger partial charge is 0.236 e. The highest BCUT2D eigenvalue weighted by Gasteiger charge is 2.23. The van der Waals surface area contributed by atoms with Gasteiger partial charge in [-0.25, -0.2) is 0 Å². The van der Waals surface area contributed by atoms with Crippen molar-refractivity contribution in [3.05, 3.63) is 0 Å². The summed E-state index contributed by atoms with van der Waals surface area (Å²) in [6, 6.07) is 0. The molecule has 2 heterocycles. The summed E-state index contributed by atoms with van der Waals surface area (Å²) >= 11 is 0. The van der Waals surface area contributed by atoms with Gasteiger partial charge >= 0.3 is 0 Å². The van der Waals surface area contributed by atoms with Crippen molar-refractivity contribution in [1.29, 1.82) is 0 Å². The van der Waals surface area contributed by atoms with Crippen LogP contribution in [-0.4, -0.2) is 86.1 Å². The Morgan fingerprint density at radius 3 is 2.21 bits per heavy atom. The van der Waals surface area contributed by atoms with Crippen LogP contribution < -0.4 is 5.32 Å². The molecule has 2 aliphatic rings. The van der Waals surface area contributed by atoms with E-state index in [1.165, 1.54) is 0 Å². The first-order valence-electron chi connectivity index (χ1n) is 7.58. The Balaban J connectivity index is 1.69. The number of nitrogens with one attached hydrogen (secondary N) is 1. The van der Waals surface area contributed by atoms with Crippen molar-refractivity contribution in [1.82, 2.24) is 20.0 Å². The van der Waals surface area contributed by atoms with E-state index in [-0.39, 0.29) is 0 Å². The summed E-state index contributed by atoms with van der Waals surface area (Å²) in [5.41, 5.74) is 0. The molecule has 0 saturated carbocycles. The summed E-state index contributed by atoms with van der Waals surface area (Å²) in [5, 5.41) is 3.32. The highest BCUT2D eigenvalue weighted by Crippen LogP contribution is 2.06. The van der Waals surface area contributed by atoms with Gasteiger partial charge in [-0.2, -0.15) is 0 Å². The zero-order valence-electron chi connectivity index (χ0n) is 12.4. The molecule has 0 atom stereocenters. The molecule has 5 nitrogen and oxygen atoms in total. The van der Waals surface area contributed by atoms with Crippen LogP contribution in [0, 0.1) is 5.92 Å². The molecule has 0 bridgehead atoms. The van der Waals surface area contributed by atoms with Gasteiger partial charge in [-0.1, -0.05) is 13.8 Å². The fourth-order valence-electron chi connectivity index (χ4n) is 2.86. The van der Waals surface area contributed by atoms with Gasteiger partial charge in [0.25, 0.3) is 0 Å². The number of hydrogen-bond acceptors (Lipinski definition) is 4. The van der Waals surface area contributed by atoms with Crippen molar-refractivity contribution in [2.24, 2.45) is 5.92 Å². The lowest BCUT2D eigenvalue weighted by Crippen LogP contribution is -2.53. The lowest BCUT2D eigenvalue weighted by molar-refractivity contribution is -0.134. The third-order valence-electron chi connectivity index (χ3n) is 3.92. The van der Waals surface area contributed by atoms with Gasteiger partial charge in [0.2, 0.25) is 5.91 Å². The van der Waals surface area contributed by atoms with Crippen LogP contribution >= 0.6 is 0 Å². The predicted octanol–water partition coefficient (Wildman–Crippen LogP) is -0.308. The van der Waals surface area contributed by atoms with Gasteiger partial charge in [-0.15, -0.1) is 0 Å². The van der Waals surface area contributed by atoms with E-state index in [1.54, 1.807) is 0 Å². The molecule has 0 spiro atoms. The van der Waals surface area contributed by atoms with Crippen LogP contribution in [0.5, 0.6) is 0 Å². The van der Waals surface area contributed by atoms with Gasteiger partial charge in [-0.3, -0.25) is 14.6 Å². The zero-order chi connectivity index (χ0) is 13.7. The Kier molecular flexibility index (Phi) is 5.60. The number of hydrogen-bond donors (Lipinski definition) is 1. The summed E-state index contributed by atoms with van der Waals surface area (Å²) in [7, 11) is 0. The Bertz CT molecular complexity index is 281. The number of amides is 1. The van der Waals surface area contributed by atoms with Gasteiger partial charge in [-0.05, 0) is 5.92 Å². The van der Waals surface area contributed by atoms with Crippen LogP contribution in [0.1, 0.15) is 13.8 Å². The molecule has 2 rings (SSSR count). The van der Waals surface area contributed by atoms with E-state index in [0.29, 0.717) is 18.4 Å². The van der Waals surface area contributed by atoms with Crippen molar-refractivity contribution in [3.8, 4) is 0 Å². The number of piperazine rings is 2. The maximum atomic E-state index is 12.2. The largest absolute Gasteiger partial charge is 0.339 e. The zero-order valence-corrected chi connectivity index (χ0v) is 12.4. The first kappa shape index (κ1) is 14.8. The molecule has 2 fully saturated rings. The van der Waals surface area contributed by atoms with E-state index in [9.17, 15) is 4.79 Å². The van der Waals surface area contributed by atoms with E-state index < -0.39 is 0 Å². The minimum atomic E-state index is 0.311. The maximum Gasteiger partial charge on any atom is 0.236 e. The topological polar surface area (TPSA) is 38.8 Å². The minimum Gasteiger partial charge on any atom is -0.339 e. The molecule has 0 radical (unpaired) electrons. The van der Waals surface area contributed by atoms with Gasteiger partial charge in [0, 0.05) is 58.9 Å². The SMILES string of the molecule is CC(C)CN1CCN(C(=O)CN2CCNCC2)CC1. The molecule has 0 unspecified atom stereocenters. The van der Waals surface area contributed by atoms with Crippen LogP contribution in [0.15, 0.2) is 0 Å². The van der Waals surface area contributed by atoms with E-state index in [2.05, 4.69) is 29.0 Å². The molecule has 1 N–H and O–H groups in total. The Labute approximate surface area is 116 Å². The summed E-state index contributed by atoms with van der Waals surface area (Å²) in [6.07, 6.45) is 0. The second kappa shape index (κ2) is 7.22. The van der Waals surface area contributed by atoms with Crippen LogP contribution in [0.3, 0.4) is 0 Å². The summed E-state index contributed by atoms with van der Waals surface area (Å²) < 4.78 is 0. The van der Waals surface area contributed by atoms with Gasteiger partial charge < -0.3 is 10.2 Å². The Morgan fingerprint density at radius 2 is 1.63 bits per heavy atom. The second-order valence-corrected chi connectivity index (χ2v) is 6.10. The maximum absolute atomic E-state index is 12.2. The monoisotopic (exact) mass is 268 g/mol. The van der Waals surface area contributed by atoms with Gasteiger partial charge in [0.1, 0.15) is 0 Å². The van der Waals surface area contributed by atoms with E-state index >= 15 is 0 Å². The Morgan fingerprint density at radius 1 is 1.00 bits per heavy atom.